The second-order valence-corrected chi connectivity index (χ2v) is 5.87. The summed E-state index contributed by atoms with van der Waals surface area (Å²) in [6.07, 6.45) is 4.05. The maximum Gasteiger partial charge on any atom is 0.220 e. The average molecular weight is 274 g/mol. The first-order chi connectivity index (χ1) is 9.75. The molecule has 0 bridgehead atoms. The molecule has 2 atom stereocenters. The Labute approximate surface area is 122 Å². The third-order valence-corrected chi connectivity index (χ3v) is 4.14. The summed E-state index contributed by atoms with van der Waals surface area (Å²) in [5, 5.41) is 6.42. The molecule has 0 saturated carbocycles. The van der Waals surface area contributed by atoms with Gasteiger partial charge in [0.2, 0.25) is 5.91 Å². The van der Waals surface area contributed by atoms with Crippen LogP contribution in [-0.4, -0.2) is 25.5 Å². The van der Waals surface area contributed by atoms with Gasteiger partial charge in [0, 0.05) is 13.0 Å². The van der Waals surface area contributed by atoms with Crippen LogP contribution in [0.4, 0.5) is 0 Å². The number of benzene rings is 1. The van der Waals surface area contributed by atoms with Crippen molar-refractivity contribution in [2.45, 2.75) is 38.5 Å². The molecule has 2 unspecified atom stereocenters. The van der Waals surface area contributed by atoms with Gasteiger partial charge in [0.25, 0.3) is 0 Å². The van der Waals surface area contributed by atoms with Crippen molar-refractivity contribution >= 4 is 5.91 Å². The van der Waals surface area contributed by atoms with Gasteiger partial charge in [-0.25, -0.2) is 0 Å². The number of carbonyl (C=O) groups excluding carboxylic acids is 1. The fourth-order valence-electron chi connectivity index (χ4n) is 2.81. The SMILES string of the molecule is CC(CCNC(=O)CC1CCCNC1)c1ccccc1. The number of carbonyl (C=O) groups is 1. The molecule has 0 spiro atoms. The lowest BCUT2D eigenvalue weighted by Crippen LogP contribution is -2.34. The van der Waals surface area contributed by atoms with Crippen molar-refractivity contribution in [3.8, 4) is 0 Å². The number of piperidine rings is 1. The first-order valence-electron chi connectivity index (χ1n) is 7.78. The van der Waals surface area contributed by atoms with Crippen molar-refractivity contribution in [2.24, 2.45) is 5.92 Å². The first kappa shape index (κ1) is 15.0. The molecular formula is C17H26N2O. The van der Waals surface area contributed by atoms with Crippen LogP contribution in [0.5, 0.6) is 0 Å². The van der Waals surface area contributed by atoms with Gasteiger partial charge in [0.15, 0.2) is 0 Å². The molecular weight excluding hydrogens is 248 g/mol. The van der Waals surface area contributed by atoms with Gasteiger partial charge in [-0.1, -0.05) is 37.3 Å². The van der Waals surface area contributed by atoms with E-state index in [-0.39, 0.29) is 5.91 Å². The van der Waals surface area contributed by atoms with E-state index in [1.54, 1.807) is 0 Å². The minimum absolute atomic E-state index is 0.207. The predicted octanol–water partition coefficient (Wildman–Crippen LogP) is 2.69. The molecule has 2 rings (SSSR count). The monoisotopic (exact) mass is 274 g/mol. The number of hydrogen-bond acceptors (Lipinski definition) is 2. The number of nitrogens with one attached hydrogen (secondary N) is 2. The lowest BCUT2D eigenvalue weighted by Gasteiger charge is -2.22. The Kier molecular flexibility index (Phi) is 6.06. The number of hydrogen-bond donors (Lipinski definition) is 2. The van der Waals surface area contributed by atoms with Crippen LogP contribution in [0.3, 0.4) is 0 Å². The fraction of sp³-hybridized carbons (Fsp3) is 0.588. The van der Waals surface area contributed by atoms with E-state index in [4.69, 9.17) is 0 Å². The van der Waals surface area contributed by atoms with Crippen LogP contribution in [0, 0.1) is 5.92 Å². The normalized spacial score (nSPS) is 20.4. The molecule has 1 aromatic rings. The molecule has 0 aliphatic carbocycles. The summed E-state index contributed by atoms with van der Waals surface area (Å²) in [4.78, 5) is 11.9. The Morgan fingerprint density at radius 3 is 2.90 bits per heavy atom. The number of amides is 1. The Balaban J connectivity index is 1.63. The minimum atomic E-state index is 0.207. The van der Waals surface area contributed by atoms with E-state index >= 15 is 0 Å². The highest BCUT2D eigenvalue weighted by Crippen LogP contribution is 2.18. The van der Waals surface area contributed by atoms with Crippen LogP contribution in [0.2, 0.25) is 0 Å². The Bertz CT molecular complexity index is 399. The van der Waals surface area contributed by atoms with Crippen molar-refractivity contribution in [3.63, 3.8) is 0 Å². The second-order valence-electron chi connectivity index (χ2n) is 5.87. The molecule has 1 amide bonds. The highest BCUT2D eigenvalue weighted by molar-refractivity contribution is 5.76. The molecule has 3 heteroatoms. The molecule has 1 aliphatic heterocycles. The van der Waals surface area contributed by atoms with Gasteiger partial charge in [-0.3, -0.25) is 4.79 Å². The van der Waals surface area contributed by atoms with Crippen LogP contribution in [-0.2, 0) is 4.79 Å². The quantitative estimate of drug-likeness (QED) is 0.837. The summed E-state index contributed by atoms with van der Waals surface area (Å²) in [6, 6.07) is 10.5. The van der Waals surface area contributed by atoms with Crippen molar-refractivity contribution in [2.75, 3.05) is 19.6 Å². The molecule has 0 aromatic heterocycles. The van der Waals surface area contributed by atoms with Crippen LogP contribution in [0.25, 0.3) is 0 Å². The zero-order valence-electron chi connectivity index (χ0n) is 12.4. The lowest BCUT2D eigenvalue weighted by atomic mass is 9.95. The average Bonchev–Trinajstić information content (AvgIpc) is 2.49. The van der Waals surface area contributed by atoms with Crippen molar-refractivity contribution in [1.82, 2.24) is 10.6 Å². The smallest absolute Gasteiger partial charge is 0.220 e. The summed E-state index contributed by atoms with van der Waals surface area (Å²) in [5.41, 5.74) is 1.35. The van der Waals surface area contributed by atoms with Gasteiger partial charge in [0.05, 0.1) is 0 Å². The van der Waals surface area contributed by atoms with Gasteiger partial charge in [-0.2, -0.15) is 0 Å². The Morgan fingerprint density at radius 2 is 2.20 bits per heavy atom. The molecule has 1 heterocycles. The first-order valence-corrected chi connectivity index (χ1v) is 7.78. The molecule has 1 aromatic carbocycles. The summed E-state index contributed by atoms with van der Waals surface area (Å²) in [7, 11) is 0. The molecule has 0 radical (unpaired) electrons. The third kappa shape index (κ3) is 4.97. The van der Waals surface area contributed by atoms with E-state index in [1.165, 1.54) is 18.4 Å². The molecule has 1 fully saturated rings. The molecule has 1 saturated heterocycles. The van der Waals surface area contributed by atoms with Gasteiger partial charge in [-0.15, -0.1) is 0 Å². The van der Waals surface area contributed by atoms with E-state index in [1.807, 2.05) is 6.07 Å². The second kappa shape index (κ2) is 8.05. The van der Waals surface area contributed by atoms with Crippen LogP contribution < -0.4 is 10.6 Å². The van der Waals surface area contributed by atoms with E-state index in [0.29, 0.717) is 18.3 Å². The van der Waals surface area contributed by atoms with Crippen LogP contribution >= 0.6 is 0 Å². The van der Waals surface area contributed by atoms with Gasteiger partial charge in [-0.05, 0) is 49.8 Å². The highest BCUT2D eigenvalue weighted by Gasteiger charge is 2.16. The van der Waals surface area contributed by atoms with E-state index in [9.17, 15) is 4.79 Å². The standard InChI is InChI=1S/C17H26N2O/c1-14(16-7-3-2-4-8-16)9-11-19-17(20)12-15-6-5-10-18-13-15/h2-4,7-8,14-15,18H,5-6,9-13H2,1H3,(H,19,20). The summed E-state index contributed by atoms with van der Waals surface area (Å²) >= 11 is 0. The van der Waals surface area contributed by atoms with Crippen LogP contribution in [0.1, 0.15) is 44.1 Å². The Morgan fingerprint density at radius 1 is 1.40 bits per heavy atom. The molecule has 2 N–H and O–H groups in total. The maximum absolute atomic E-state index is 11.9. The third-order valence-electron chi connectivity index (χ3n) is 4.14. The van der Waals surface area contributed by atoms with E-state index in [2.05, 4.69) is 41.8 Å². The van der Waals surface area contributed by atoms with Crippen LogP contribution in [0.15, 0.2) is 30.3 Å². The molecule has 110 valence electrons. The minimum Gasteiger partial charge on any atom is -0.356 e. The summed E-state index contributed by atoms with van der Waals surface area (Å²) < 4.78 is 0. The largest absolute Gasteiger partial charge is 0.356 e. The summed E-state index contributed by atoms with van der Waals surface area (Å²) in [6.45, 7) is 5.09. The summed E-state index contributed by atoms with van der Waals surface area (Å²) in [5.74, 6) is 1.22. The topological polar surface area (TPSA) is 41.1 Å². The van der Waals surface area contributed by atoms with Crippen molar-refractivity contribution in [1.29, 1.82) is 0 Å². The van der Waals surface area contributed by atoms with Crippen molar-refractivity contribution < 1.29 is 4.79 Å². The molecule has 20 heavy (non-hydrogen) atoms. The molecule has 3 nitrogen and oxygen atoms in total. The highest BCUT2D eigenvalue weighted by atomic mass is 16.1. The zero-order valence-corrected chi connectivity index (χ0v) is 12.4. The van der Waals surface area contributed by atoms with Gasteiger partial charge < -0.3 is 10.6 Å². The molecule has 1 aliphatic rings. The lowest BCUT2D eigenvalue weighted by molar-refractivity contribution is -0.122. The maximum atomic E-state index is 11.9. The van der Waals surface area contributed by atoms with Gasteiger partial charge >= 0.3 is 0 Å². The Hall–Kier alpha value is -1.35. The van der Waals surface area contributed by atoms with Gasteiger partial charge in [0.1, 0.15) is 0 Å². The van der Waals surface area contributed by atoms with Crippen molar-refractivity contribution in [3.05, 3.63) is 35.9 Å². The number of rotatable bonds is 6. The van der Waals surface area contributed by atoms with E-state index < -0.39 is 0 Å². The zero-order chi connectivity index (χ0) is 14.2. The fourth-order valence-corrected chi connectivity index (χ4v) is 2.81. The predicted molar refractivity (Wildman–Crippen MR) is 82.7 cm³/mol. The van der Waals surface area contributed by atoms with E-state index in [0.717, 1.165) is 26.1 Å².